The molecule has 2 heterocycles. The Hall–Kier alpha value is -2.40. The minimum Gasteiger partial charge on any atom is -0.268 e. The van der Waals surface area contributed by atoms with Crippen LogP contribution in [0.1, 0.15) is 62.1 Å². The predicted molar refractivity (Wildman–Crippen MR) is 149 cm³/mol. The zero-order chi connectivity index (χ0) is 29.5. The highest BCUT2D eigenvalue weighted by molar-refractivity contribution is 6.57. The molecule has 5 rings (SSSR count). The standard InChI is InChI=1S/C24H4Cl8N2O6/c25-11-7-8(12(26)16(30)15(11)29)22(38)33(21(7)37)19(35)5-1-2-6(4-3-5)20(36)34-23(39)9-10(24(34)40)14(28)18(32)17(31)13(9)27/h1-4H. The molecule has 0 aliphatic carbocycles. The third kappa shape index (κ3) is 3.97. The van der Waals surface area contributed by atoms with Crippen LogP contribution in [-0.4, -0.2) is 45.2 Å². The molecule has 0 fully saturated rings. The topological polar surface area (TPSA) is 109 Å². The van der Waals surface area contributed by atoms with Crippen LogP contribution in [0.3, 0.4) is 0 Å². The Bertz CT molecular complexity index is 1580. The maximum Gasteiger partial charge on any atom is 0.270 e. The smallest absolute Gasteiger partial charge is 0.268 e. The first-order valence-electron chi connectivity index (χ1n) is 10.4. The molecule has 3 aromatic rings. The molecule has 2 aliphatic rings. The lowest BCUT2D eigenvalue weighted by Crippen LogP contribution is -2.37. The molecule has 3 aromatic carbocycles. The quantitative estimate of drug-likeness (QED) is 0.154. The number of rotatable bonds is 2. The number of hydrogen-bond acceptors (Lipinski definition) is 6. The predicted octanol–water partition coefficient (Wildman–Crippen LogP) is 7.79. The summed E-state index contributed by atoms with van der Waals surface area (Å²) in [6.07, 6.45) is 0. The average Bonchev–Trinajstić information content (AvgIpc) is 3.35. The lowest BCUT2D eigenvalue weighted by Gasteiger charge is -2.14. The Morgan fingerprint density at radius 3 is 0.800 bits per heavy atom. The van der Waals surface area contributed by atoms with Gasteiger partial charge in [0.25, 0.3) is 35.4 Å². The van der Waals surface area contributed by atoms with Gasteiger partial charge in [-0.3, -0.25) is 28.8 Å². The second-order valence-electron chi connectivity index (χ2n) is 8.09. The molecule has 0 spiro atoms. The highest BCUT2D eigenvalue weighted by Crippen LogP contribution is 2.46. The summed E-state index contributed by atoms with van der Waals surface area (Å²) in [7, 11) is 0. The molecule has 0 saturated carbocycles. The Morgan fingerprint density at radius 2 is 0.600 bits per heavy atom. The SMILES string of the molecule is O=C(c1ccc(C(=O)N2C(=O)c3c(Cl)c(Cl)c(Cl)c(Cl)c3C2=O)cc1)N1C(=O)c2c(Cl)c(Cl)c(Cl)c(Cl)c2C1=O. The van der Waals surface area contributed by atoms with E-state index in [9.17, 15) is 28.8 Å². The molecule has 0 radical (unpaired) electrons. The van der Waals surface area contributed by atoms with Gasteiger partial charge in [0.05, 0.1) is 62.4 Å². The molecule has 0 N–H and O–H groups in total. The van der Waals surface area contributed by atoms with E-state index in [0.717, 1.165) is 24.3 Å². The molecule has 6 amide bonds. The van der Waals surface area contributed by atoms with Gasteiger partial charge in [0.2, 0.25) is 0 Å². The van der Waals surface area contributed by atoms with Crippen LogP contribution >= 0.6 is 92.8 Å². The number of amides is 6. The fourth-order valence-corrected chi connectivity index (χ4v) is 6.11. The van der Waals surface area contributed by atoms with Gasteiger partial charge >= 0.3 is 0 Å². The molecular weight excluding hydrogens is 696 g/mol. The fourth-order valence-electron chi connectivity index (χ4n) is 4.08. The Labute approximate surface area is 263 Å². The van der Waals surface area contributed by atoms with Crippen LogP contribution in [0.15, 0.2) is 24.3 Å². The van der Waals surface area contributed by atoms with Crippen molar-refractivity contribution in [2.45, 2.75) is 0 Å². The minimum atomic E-state index is -1.09. The summed E-state index contributed by atoms with van der Waals surface area (Å²) in [4.78, 5) is 78.7. The molecule has 0 saturated heterocycles. The summed E-state index contributed by atoms with van der Waals surface area (Å²) in [6, 6.07) is 4.37. The number of imide groups is 6. The summed E-state index contributed by atoms with van der Waals surface area (Å²) >= 11 is 48.3. The van der Waals surface area contributed by atoms with Crippen molar-refractivity contribution in [1.29, 1.82) is 0 Å². The van der Waals surface area contributed by atoms with E-state index in [4.69, 9.17) is 92.8 Å². The van der Waals surface area contributed by atoms with Crippen molar-refractivity contribution >= 4 is 128 Å². The molecule has 8 nitrogen and oxygen atoms in total. The van der Waals surface area contributed by atoms with Gasteiger partial charge in [-0.2, -0.15) is 0 Å². The second-order valence-corrected chi connectivity index (χ2v) is 11.1. The van der Waals surface area contributed by atoms with E-state index in [2.05, 4.69) is 0 Å². The number of halogens is 8. The van der Waals surface area contributed by atoms with Crippen molar-refractivity contribution in [2.24, 2.45) is 0 Å². The van der Waals surface area contributed by atoms with Crippen LogP contribution in [0.4, 0.5) is 0 Å². The first-order valence-corrected chi connectivity index (χ1v) is 13.4. The summed E-state index contributed by atoms with van der Waals surface area (Å²) in [5, 5.41) is -2.52. The van der Waals surface area contributed by atoms with Crippen LogP contribution in [0, 0.1) is 0 Å². The lowest BCUT2D eigenvalue weighted by atomic mass is 10.1. The van der Waals surface area contributed by atoms with Crippen LogP contribution in [0.25, 0.3) is 0 Å². The normalized spacial score (nSPS) is 14.3. The van der Waals surface area contributed by atoms with Crippen LogP contribution in [-0.2, 0) is 0 Å². The van der Waals surface area contributed by atoms with E-state index in [1.165, 1.54) is 0 Å². The molecule has 2 aliphatic heterocycles. The van der Waals surface area contributed by atoms with E-state index >= 15 is 0 Å². The Balaban J connectivity index is 1.45. The summed E-state index contributed by atoms with van der Waals surface area (Å²) < 4.78 is 0. The molecular formula is C24H4Cl8N2O6. The van der Waals surface area contributed by atoms with Crippen molar-refractivity contribution in [2.75, 3.05) is 0 Å². The maximum atomic E-state index is 13.1. The monoisotopic (exact) mass is 696 g/mol. The summed E-state index contributed by atoms with van der Waals surface area (Å²) in [6.45, 7) is 0. The van der Waals surface area contributed by atoms with Crippen molar-refractivity contribution in [1.82, 2.24) is 9.80 Å². The van der Waals surface area contributed by atoms with E-state index < -0.39 is 57.7 Å². The van der Waals surface area contributed by atoms with Gasteiger partial charge in [-0.15, -0.1) is 0 Å². The second kappa shape index (κ2) is 10.2. The molecule has 0 aromatic heterocycles. The van der Waals surface area contributed by atoms with Gasteiger partial charge in [0, 0.05) is 11.1 Å². The Kier molecular flexibility index (Phi) is 7.39. The largest absolute Gasteiger partial charge is 0.270 e. The number of benzene rings is 3. The molecule has 16 heteroatoms. The fraction of sp³-hybridized carbons (Fsp3) is 0. The molecule has 0 bridgehead atoms. The number of nitrogens with zero attached hydrogens (tertiary/aromatic N) is 2. The van der Waals surface area contributed by atoms with Gasteiger partial charge in [0.1, 0.15) is 0 Å². The van der Waals surface area contributed by atoms with Gasteiger partial charge < -0.3 is 0 Å². The van der Waals surface area contributed by atoms with E-state index in [-0.39, 0.29) is 61.1 Å². The van der Waals surface area contributed by atoms with E-state index in [0.29, 0.717) is 0 Å². The first kappa shape index (κ1) is 29.1. The maximum absolute atomic E-state index is 13.1. The lowest BCUT2D eigenvalue weighted by molar-refractivity contribution is 0.0540. The van der Waals surface area contributed by atoms with Crippen molar-refractivity contribution in [3.05, 3.63) is 97.8 Å². The number of carbonyl (C=O) groups excluding carboxylic acids is 6. The highest BCUT2D eigenvalue weighted by Gasteiger charge is 2.46. The van der Waals surface area contributed by atoms with E-state index in [1.807, 2.05) is 0 Å². The number of carbonyl (C=O) groups is 6. The zero-order valence-corrected chi connectivity index (χ0v) is 24.7. The van der Waals surface area contributed by atoms with Crippen LogP contribution in [0.5, 0.6) is 0 Å². The molecule has 0 unspecified atom stereocenters. The third-order valence-corrected chi connectivity index (χ3v) is 9.59. The number of hydrogen-bond donors (Lipinski definition) is 0. The van der Waals surface area contributed by atoms with Gasteiger partial charge in [-0.05, 0) is 24.3 Å². The van der Waals surface area contributed by atoms with Crippen molar-refractivity contribution in [3.8, 4) is 0 Å². The van der Waals surface area contributed by atoms with Gasteiger partial charge in [-0.25, -0.2) is 9.80 Å². The van der Waals surface area contributed by atoms with Crippen LogP contribution in [0.2, 0.25) is 40.2 Å². The van der Waals surface area contributed by atoms with Gasteiger partial charge in [-0.1, -0.05) is 92.8 Å². The summed E-state index contributed by atoms with van der Waals surface area (Å²) in [5.41, 5.74) is -2.02. The van der Waals surface area contributed by atoms with Crippen LogP contribution < -0.4 is 0 Å². The third-order valence-electron chi connectivity index (χ3n) is 5.99. The van der Waals surface area contributed by atoms with Crippen molar-refractivity contribution in [3.63, 3.8) is 0 Å². The zero-order valence-electron chi connectivity index (χ0n) is 18.7. The molecule has 202 valence electrons. The highest BCUT2D eigenvalue weighted by atomic mass is 35.5. The number of fused-ring (bicyclic) bond motifs is 2. The van der Waals surface area contributed by atoms with Crippen molar-refractivity contribution < 1.29 is 28.8 Å². The Morgan fingerprint density at radius 1 is 0.400 bits per heavy atom. The summed E-state index contributed by atoms with van der Waals surface area (Å²) in [5.74, 6) is -6.54. The minimum absolute atomic E-state index is 0.220. The average molecular weight is 700 g/mol. The van der Waals surface area contributed by atoms with E-state index in [1.54, 1.807) is 0 Å². The van der Waals surface area contributed by atoms with Gasteiger partial charge in [0.15, 0.2) is 0 Å². The molecule has 40 heavy (non-hydrogen) atoms. The molecule has 0 atom stereocenters. The first-order chi connectivity index (χ1) is 18.7.